The van der Waals surface area contributed by atoms with Gasteiger partial charge in [0, 0.05) is 6.54 Å². The minimum absolute atomic E-state index is 0.318. The average molecular weight is 609 g/mol. The minimum Gasteiger partial charge on any atom is -0.450 e. The van der Waals surface area contributed by atoms with Crippen LogP contribution in [0.15, 0.2) is 4.99 Å². The van der Waals surface area contributed by atoms with Crippen LogP contribution in [0, 0.1) is 0 Å². The number of isocyanates is 1. The zero-order valence-corrected chi connectivity index (χ0v) is 22.9. The molecule has 0 unspecified atom stereocenters. The van der Waals surface area contributed by atoms with Crippen LogP contribution in [0.5, 0.6) is 0 Å². The van der Waals surface area contributed by atoms with Crippen molar-refractivity contribution in [2.75, 3.05) is 47.4 Å². The summed E-state index contributed by atoms with van der Waals surface area (Å²) in [6, 6.07) is 0. The number of carbonyl (C=O) groups is 1. The summed E-state index contributed by atoms with van der Waals surface area (Å²) in [6.45, 7) is 2.87. The first-order valence-corrected chi connectivity index (χ1v) is 14.2. The van der Waals surface area contributed by atoms with Crippen LogP contribution in [-0.2, 0) is 29.6 Å². The Balaban J connectivity index is 0. The fourth-order valence-electron chi connectivity index (χ4n) is 2.38. The Morgan fingerprint density at radius 1 is 0.842 bits per heavy atom. The van der Waals surface area contributed by atoms with Gasteiger partial charge >= 0.3 is 17.1 Å². The summed E-state index contributed by atoms with van der Waals surface area (Å²) in [6.07, 6.45) is 9.50. The molecule has 0 radical (unpaired) electrons. The van der Waals surface area contributed by atoms with E-state index < -0.39 is 31.1 Å². The Bertz CT molecular complexity index is 902. The lowest BCUT2D eigenvalue weighted by Gasteiger charge is -2.23. The molecule has 0 saturated carbocycles. The first-order valence-electron chi connectivity index (χ1n) is 11.3. The number of ether oxygens (including phenoxy) is 1. The number of alkyl halides is 6. The van der Waals surface area contributed by atoms with Crippen LogP contribution < -0.4 is 5.32 Å². The maximum atomic E-state index is 11.4. The number of carbonyl (C=O) groups excluding carboxylic acids is 2. The van der Waals surface area contributed by atoms with Crippen LogP contribution in [0.1, 0.15) is 51.4 Å². The number of aliphatic imine (C=N–C) groups is 1. The molecule has 0 saturated heterocycles. The molecule has 0 aliphatic carbocycles. The summed E-state index contributed by atoms with van der Waals surface area (Å²) < 4.78 is 115. The van der Waals surface area contributed by atoms with Crippen LogP contribution in [-0.4, -0.2) is 91.9 Å². The van der Waals surface area contributed by atoms with Gasteiger partial charge in [0.15, 0.2) is 20.0 Å². The van der Waals surface area contributed by atoms with E-state index in [0.29, 0.717) is 19.7 Å². The van der Waals surface area contributed by atoms with Crippen LogP contribution >= 0.6 is 0 Å². The fourth-order valence-corrected chi connectivity index (χ4v) is 4.09. The molecule has 19 heteroatoms. The van der Waals surface area contributed by atoms with E-state index in [1.807, 2.05) is 0 Å². The quantitative estimate of drug-likeness (QED) is 0.0917. The maximum Gasteiger partial charge on any atom is 0.480 e. The van der Waals surface area contributed by atoms with Gasteiger partial charge in [0.25, 0.3) is 0 Å². The smallest absolute Gasteiger partial charge is 0.450 e. The van der Waals surface area contributed by atoms with Crippen molar-refractivity contribution in [1.82, 2.24) is 5.32 Å². The van der Waals surface area contributed by atoms with Gasteiger partial charge < -0.3 is 18.7 Å². The van der Waals surface area contributed by atoms with E-state index in [2.05, 4.69) is 31.5 Å². The first kappa shape index (κ1) is 38.2. The topological polar surface area (TPSA) is 150 Å². The number of nitrogens with zero attached hydrogens (tertiary/aromatic N) is 3. The molecule has 226 valence electrons. The lowest BCUT2D eigenvalue weighted by atomic mass is 10.2. The first-order chi connectivity index (χ1) is 17.2. The Hall–Kier alpha value is -1.95. The molecule has 1 amide bonds. The molecule has 0 atom stereocenters. The Morgan fingerprint density at radius 2 is 1.32 bits per heavy atom. The number of quaternary nitrogens is 1. The molecule has 0 spiro atoms. The summed E-state index contributed by atoms with van der Waals surface area (Å²) in [5.74, 6) is 0. The predicted molar refractivity (Wildman–Crippen MR) is 125 cm³/mol. The van der Waals surface area contributed by atoms with E-state index in [1.54, 1.807) is 0 Å². The van der Waals surface area contributed by atoms with E-state index in [0.717, 1.165) is 47.1 Å². The molecule has 0 bridgehead atoms. The van der Waals surface area contributed by atoms with Crippen molar-refractivity contribution in [2.45, 2.75) is 62.4 Å². The third kappa shape index (κ3) is 20.1. The maximum absolute atomic E-state index is 11.4. The number of nitrogens with one attached hydrogen (secondary N) is 1. The molecule has 0 aromatic heterocycles. The third-order valence-corrected chi connectivity index (χ3v) is 7.01. The van der Waals surface area contributed by atoms with Crippen molar-refractivity contribution in [3.63, 3.8) is 0 Å². The summed E-state index contributed by atoms with van der Waals surface area (Å²) in [5.41, 5.74) is -12.4. The summed E-state index contributed by atoms with van der Waals surface area (Å²) in [4.78, 5) is 24.8. The Morgan fingerprint density at radius 3 is 1.79 bits per heavy atom. The minimum atomic E-state index is -6.72. The van der Waals surface area contributed by atoms with Crippen molar-refractivity contribution in [3.8, 4) is 0 Å². The Labute approximate surface area is 218 Å². The van der Waals surface area contributed by atoms with Gasteiger partial charge in [0.05, 0.1) is 40.8 Å². The summed E-state index contributed by atoms with van der Waals surface area (Å²) in [7, 11) is -6.84. The number of sulfonamides is 2. The molecule has 38 heavy (non-hydrogen) atoms. The van der Waals surface area contributed by atoms with Crippen molar-refractivity contribution in [2.24, 2.45) is 4.99 Å². The third-order valence-electron chi connectivity index (χ3n) is 4.27. The molecular formula is C19H34F6N4O7S2. The van der Waals surface area contributed by atoms with Crippen molar-refractivity contribution in [1.29, 1.82) is 0 Å². The summed E-state index contributed by atoms with van der Waals surface area (Å²) >= 11 is 0. The molecule has 0 aliphatic rings. The fraction of sp³-hybridized carbons (Fsp3) is 0.895. The van der Waals surface area contributed by atoms with Gasteiger partial charge in [-0.25, -0.2) is 31.4 Å². The SMILES string of the molecule is C[N+](C)(C)CCCCCCOC(=O)NCCCCCCN=C=O.O=S(=O)([N-]S(=O)(=O)C(F)(F)F)C(F)(F)F. The highest BCUT2D eigenvalue weighted by molar-refractivity contribution is 8.13. The molecule has 1 N–H and O–H groups in total. The summed E-state index contributed by atoms with van der Waals surface area (Å²) in [5, 5.41) is 2.76. The lowest BCUT2D eigenvalue weighted by Crippen LogP contribution is -2.35. The number of amides is 1. The highest BCUT2D eigenvalue weighted by atomic mass is 32.3. The van der Waals surface area contributed by atoms with Gasteiger partial charge in [-0.3, -0.25) is 0 Å². The molecule has 11 nitrogen and oxygen atoms in total. The zero-order chi connectivity index (χ0) is 30.1. The van der Waals surface area contributed by atoms with Crippen LogP contribution in [0.3, 0.4) is 0 Å². The molecule has 0 rings (SSSR count). The number of hydrogen-bond acceptors (Lipinski definition) is 8. The van der Waals surface area contributed by atoms with E-state index in [1.165, 1.54) is 25.5 Å². The highest BCUT2D eigenvalue weighted by Crippen LogP contribution is 2.36. The Kier molecular flexibility index (Phi) is 17.7. The number of halogens is 6. The monoisotopic (exact) mass is 608 g/mol. The molecule has 0 aliphatic heterocycles. The molecular weight excluding hydrogens is 574 g/mol. The van der Waals surface area contributed by atoms with E-state index in [-0.39, 0.29) is 6.09 Å². The van der Waals surface area contributed by atoms with Gasteiger partial charge in [0.1, 0.15) is 0 Å². The van der Waals surface area contributed by atoms with Crippen LogP contribution in [0.25, 0.3) is 4.13 Å². The second-order valence-electron chi connectivity index (χ2n) is 8.79. The molecule has 0 heterocycles. The van der Waals surface area contributed by atoms with Crippen molar-refractivity contribution >= 4 is 32.2 Å². The molecule has 0 fully saturated rings. The second-order valence-corrected chi connectivity index (χ2v) is 12.2. The number of alkyl carbamates (subject to hydrolysis) is 1. The van der Waals surface area contributed by atoms with Gasteiger partial charge in [-0.05, 0) is 38.5 Å². The average Bonchev–Trinajstić information content (AvgIpc) is 2.72. The number of hydrogen-bond donors (Lipinski definition) is 1. The highest BCUT2D eigenvalue weighted by Gasteiger charge is 2.46. The van der Waals surface area contributed by atoms with Crippen molar-refractivity contribution < 1.29 is 62.0 Å². The number of unbranched alkanes of at least 4 members (excludes halogenated alkanes) is 6. The van der Waals surface area contributed by atoms with Gasteiger partial charge in [-0.15, -0.1) is 0 Å². The predicted octanol–water partition coefficient (Wildman–Crippen LogP) is 3.93. The second kappa shape index (κ2) is 17.6. The van der Waals surface area contributed by atoms with Gasteiger partial charge in [-0.2, -0.15) is 26.3 Å². The van der Waals surface area contributed by atoms with Gasteiger partial charge in [0.2, 0.25) is 6.08 Å². The number of rotatable bonds is 16. The normalized spacial score (nSPS) is 12.7. The largest absolute Gasteiger partial charge is 0.480 e. The van der Waals surface area contributed by atoms with Crippen LogP contribution in [0.4, 0.5) is 31.1 Å². The van der Waals surface area contributed by atoms with Crippen LogP contribution in [0.2, 0.25) is 0 Å². The molecule has 0 aromatic rings. The van der Waals surface area contributed by atoms with E-state index >= 15 is 0 Å². The van der Waals surface area contributed by atoms with Gasteiger partial charge in [-0.1, -0.05) is 12.8 Å². The zero-order valence-electron chi connectivity index (χ0n) is 21.3. The molecule has 0 aromatic carbocycles. The van der Waals surface area contributed by atoms with E-state index in [9.17, 15) is 52.8 Å². The van der Waals surface area contributed by atoms with E-state index in [4.69, 9.17) is 4.74 Å². The standard InChI is InChI=1S/C17H33N3O3.C2F6NO4S2/c1-20(2,3)14-10-6-7-11-15-23-17(22)19-13-9-5-4-8-12-18-16-21;3-1(4,5)14(10,11)9-15(12,13)2(6,7)8/h4-15H2,1-3H3;/q;-1/p+1. The van der Waals surface area contributed by atoms with Crippen molar-refractivity contribution in [3.05, 3.63) is 4.13 Å². The lowest BCUT2D eigenvalue weighted by molar-refractivity contribution is -0.870.